The smallest absolute Gasteiger partial charge is 0.0577 e. The molecule has 0 saturated heterocycles. The Kier molecular flexibility index (Phi) is 5.00. The van der Waals surface area contributed by atoms with Crippen molar-refractivity contribution in [2.24, 2.45) is 0 Å². The fourth-order valence-electron chi connectivity index (χ4n) is 2.15. The van der Waals surface area contributed by atoms with Crippen LogP contribution in [0.2, 0.25) is 5.02 Å². The predicted molar refractivity (Wildman–Crippen MR) is 82.8 cm³/mol. The highest BCUT2D eigenvalue weighted by Crippen LogP contribution is 2.26. The first-order valence-corrected chi connectivity index (χ1v) is 7.14. The second-order valence-electron chi connectivity index (χ2n) is 4.81. The first kappa shape index (κ1) is 14.1. The molecule has 0 aromatic heterocycles. The zero-order valence-electron chi connectivity index (χ0n) is 11.5. The first-order chi connectivity index (χ1) is 9.22. The molecule has 0 spiro atoms. The Bertz CT molecular complexity index is 522. The average molecular weight is 274 g/mol. The largest absolute Gasteiger partial charge is 0.306 e. The summed E-state index contributed by atoms with van der Waals surface area (Å²) in [5.74, 6) is 0. The van der Waals surface area contributed by atoms with Crippen molar-refractivity contribution in [3.05, 3.63) is 70.2 Å². The molecule has 2 aromatic rings. The van der Waals surface area contributed by atoms with Gasteiger partial charge >= 0.3 is 0 Å². The molecular weight excluding hydrogens is 254 g/mol. The molecule has 1 atom stereocenters. The van der Waals surface area contributed by atoms with Gasteiger partial charge in [0, 0.05) is 5.02 Å². The van der Waals surface area contributed by atoms with Gasteiger partial charge in [0.1, 0.15) is 0 Å². The van der Waals surface area contributed by atoms with Crippen LogP contribution in [-0.2, 0) is 0 Å². The Morgan fingerprint density at radius 2 is 1.79 bits per heavy atom. The van der Waals surface area contributed by atoms with Crippen molar-refractivity contribution in [1.82, 2.24) is 5.32 Å². The van der Waals surface area contributed by atoms with Crippen molar-refractivity contribution < 1.29 is 0 Å². The Morgan fingerprint density at radius 3 is 2.42 bits per heavy atom. The maximum atomic E-state index is 6.25. The van der Waals surface area contributed by atoms with E-state index in [0.717, 1.165) is 23.6 Å². The minimum Gasteiger partial charge on any atom is -0.306 e. The molecule has 0 heterocycles. The van der Waals surface area contributed by atoms with Gasteiger partial charge in [-0.2, -0.15) is 0 Å². The zero-order valence-corrected chi connectivity index (χ0v) is 12.2. The summed E-state index contributed by atoms with van der Waals surface area (Å²) in [4.78, 5) is 0. The Labute approximate surface area is 120 Å². The number of nitrogens with one attached hydrogen (secondary N) is 1. The minimum atomic E-state index is 0.208. The molecule has 0 fully saturated rings. The monoisotopic (exact) mass is 273 g/mol. The third-order valence-corrected chi connectivity index (χ3v) is 3.67. The van der Waals surface area contributed by atoms with Crippen molar-refractivity contribution in [2.75, 3.05) is 6.54 Å². The maximum Gasteiger partial charge on any atom is 0.0577 e. The van der Waals surface area contributed by atoms with Crippen LogP contribution in [0.3, 0.4) is 0 Å². The Hall–Kier alpha value is -1.31. The van der Waals surface area contributed by atoms with E-state index in [1.807, 2.05) is 13.0 Å². The van der Waals surface area contributed by atoms with E-state index in [1.165, 1.54) is 11.1 Å². The number of hydrogen-bond donors (Lipinski definition) is 1. The Balaban J connectivity index is 2.34. The summed E-state index contributed by atoms with van der Waals surface area (Å²) in [6.45, 7) is 5.20. The summed E-state index contributed by atoms with van der Waals surface area (Å²) in [5.41, 5.74) is 3.61. The second-order valence-corrected chi connectivity index (χ2v) is 5.21. The van der Waals surface area contributed by atoms with Crippen molar-refractivity contribution in [3.8, 4) is 0 Å². The molecule has 0 bridgehead atoms. The van der Waals surface area contributed by atoms with Crippen molar-refractivity contribution >= 4 is 11.6 Å². The lowest BCUT2D eigenvalue weighted by atomic mass is 9.97. The van der Waals surface area contributed by atoms with Crippen LogP contribution in [-0.4, -0.2) is 6.54 Å². The van der Waals surface area contributed by atoms with E-state index in [1.54, 1.807) is 0 Å². The van der Waals surface area contributed by atoms with Crippen LogP contribution in [0.5, 0.6) is 0 Å². The predicted octanol–water partition coefficient (Wildman–Crippen LogP) is 4.74. The molecular formula is C17H20ClN. The standard InChI is InChI=1S/C17H20ClN/c1-3-11-19-17(14-7-5-4-6-8-14)15-10-9-13(2)16(18)12-15/h4-10,12,17,19H,3,11H2,1-2H3. The zero-order chi connectivity index (χ0) is 13.7. The summed E-state index contributed by atoms with van der Waals surface area (Å²) in [7, 11) is 0. The van der Waals surface area contributed by atoms with E-state index >= 15 is 0 Å². The number of benzene rings is 2. The van der Waals surface area contributed by atoms with Gasteiger partial charge in [0.05, 0.1) is 6.04 Å². The SMILES string of the molecule is CCCNC(c1ccccc1)c1ccc(C)c(Cl)c1. The molecule has 0 amide bonds. The van der Waals surface area contributed by atoms with Gasteiger partial charge in [-0.25, -0.2) is 0 Å². The summed E-state index contributed by atoms with van der Waals surface area (Å²) >= 11 is 6.25. The number of aryl methyl sites for hydroxylation is 1. The number of hydrogen-bond acceptors (Lipinski definition) is 1. The number of rotatable bonds is 5. The lowest BCUT2D eigenvalue weighted by molar-refractivity contribution is 0.598. The van der Waals surface area contributed by atoms with Gasteiger partial charge in [-0.1, -0.05) is 61.0 Å². The van der Waals surface area contributed by atoms with Gasteiger partial charge < -0.3 is 5.32 Å². The van der Waals surface area contributed by atoms with Crippen LogP contribution < -0.4 is 5.32 Å². The highest BCUT2D eigenvalue weighted by molar-refractivity contribution is 6.31. The van der Waals surface area contributed by atoms with Crippen LogP contribution in [0.4, 0.5) is 0 Å². The first-order valence-electron chi connectivity index (χ1n) is 6.76. The van der Waals surface area contributed by atoms with Gasteiger partial charge in [-0.3, -0.25) is 0 Å². The molecule has 1 nitrogen and oxygen atoms in total. The molecule has 1 unspecified atom stereocenters. The van der Waals surface area contributed by atoms with Crippen LogP contribution >= 0.6 is 11.6 Å². The van der Waals surface area contributed by atoms with Crippen LogP contribution in [0, 0.1) is 6.92 Å². The van der Waals surface area contributed by atoms with Crippen molar-refractivity contribution in [2.45, 2.75) is 26.3 Å². The summed E-state index contributed by atoms with van der Waals surface area (Å²) < 4.78 is 0. The van der Waals surface area contributed by atoms with Crippen LogP contribution in [0.15, 0.2) is 48.5 Å². The Morgan fingerprint density at radius 1 is 1.05 bits per heavy atom. The highest BCUT2D eigenvalue weighted by atomic mass is 35.5. The van der Waals surface area contributed by atoms with Crippen LogP contribution in [0.25, 0.3) is 0 Å². The fourth-order valence-corrected chi connectivity index (χ4v) is 2.34. The van der Waals surface area contributed by atoms with Gasteiger partial charge in [-0.05, 0) is 42.6 Å². The quantitative estimate of drug-likeness (QED) is 0.830. The molecule has 0 aliphatic rings. The third kappa shape index (κ3) is 3.59. The molecule has 100 valence electrons. The summed E-state index contributed by atoms with van der Waals surface area (Å²) in [6, 6.07) is 17.0. The third-order valence-electron chi connectivity index (χ3n) is 3.26. The average Bonchev–Trinajstić information content (AvgIpc) is 2.44. The summed E-state index contributed by atoms with van der Waals surface area (Å²) in [6.07, 6.45) is 1.11. The molecule has 2 heteroatoms. The van der Waals surface area contributed by atoms with E-state index in [-0.39, 0.29) is 6.04 Å². The van der Waals surface area contributed by atoms with Gasteiger partial charge in [0.25, 0.3) is 0 Å². The minimum absolute atomic E-state index is 0.208. The molecule has 19 heavy (non-hydrogen) atoms. The van der Waals surface area contributed by atoms with Gasteiger partial charge in [0.2, 0.25) is 0 Å². The molecule has 0 saturated carbocycles. The van der Waals surface area contributed by atoms with E-state index in [9.17, 15) is 0 Å². The highest BCUT2D eigenvalue weighted by Gasteiger charge is 2.13. The number of halogens is 1. The molecule has 0 aliphatic carbocycles. The van der Waals surface area contributed by atoms with E-state index in [2.05, 4.69) is 54.7 Å². The lowest BCUT2D eigenvalue weighted by Crippen LogP contribution is -2.23. The van der Waals surface area contributed by atoms with Crippen LogP contribution in [0.1, 0.15) is 36.1 Å². The molecule has 2 rings (SSSR count). The van der Waals surface area contributed by atoms with Crippen molar-refractivity contribution in [1.29, 1.82) is 0 Å². The topological polar surface area (TPSA) is 12.0 Å². The normalized spacial score (nSPS) is 12.4. The van der Waals surface area contributed by atoms with E-state index in [4.69, 9.17) is 11.6 Å². The molecule has 0 aliphatic heterocycles. The maximum absolute atomic E-state index is 6.25. The lowest BCUT2D eigenvalue weighted by Gasteiger charge is -2.20. The molecule has 0 radical (unpaired) electrons. The van der Waals surface area contributed by atoms with E-state index in [0.29, 0.717) is 0 Å². The molecule has 1 N–H and O–H groups in total. The van der Waals surface area contributed by atoms with Gasteiger partial charge in [-0.15, -0.1) is 0 Å². The van der Waals surface area contributed by atoms with Crippen molar-refractivity contribution in [3.63, 3.8) is 0 Å². The second kappa shape index (κ2) is 6.74. The summed E-state index contributed by atoms with van der Waals surface area (Å²) in [5, 5.41) is 4.42. The fraction of sp³-hybridized carbons (Fsp3) is 0.294. The molecule has 2 aromatic carbocycles. The van der Waals surface area contributed by atoms with E-state index < -0.39 is 0 Å². The van der Waals surface area contributed by atoms with Gasteiger partial charge in [0.15, 0.2) is 0 Å².